The Morgan fingerprint density at radius 2 is 1.14 bits per heavy atom. The smallest absolute Gasteiger partial charge is 0.296 e. The van der Waals surface area contributed by atoms with Gasteiger partial charge >= 0.3 is 0 Å². The van der Waals surface area contributed by atoms with Crippen LogP contribution in [0.4, 0.5) is 34.6 Å². The van der Waals surface area contributed by atoms with Crippen molar-refractivity contribution in [3.8, 4) is 5.75 Å². The fraction of sp³-hybridized carbons (Fsp3) is 0. The lowest BCUT2D eigenvalue weighted by molar-refractivity contribution is 0.478. The standard InChI is InChI=1S/C25H18ClN7O13S4/c26-23-29-24(31-25(30-23)28-16-10-13(47(35,36)37)6-8-19(16)48(38,39)40)27-12-5-7-20(49(41,42)43)17(9-12)32-33-18-11-21(50(44,45)46)14-3-1-2-4-15(14)22(18)34/h1-11,34H,(H,35,36,37)(H,38,39,40)(H,41,42,43)(H,44,45,46)(H2,27,28,29,30,31). The Kier molecular flexibility index (Phi) is 9.51. The number of nitrogens with zero attached hydrogens (tertiary/aromatic N) is 5. The second-order valence-corrected chi connectivity index (χ2v) is 15.7. The monoisotopic (exact) mass is 787 g/mol. The molecule has 0 aliphatic carbocycles. The molecule has 0 spiro atoms. The number of aromatic nitrogens is 3. The number of hydrogen-bond donors (Lipinski definition) is 7. The Morgan fingerprint density at radius 1 is 0.580 bits per heavy atom. The third-order valence-electron chi connectivity index (χ3n) is 6.38. The van der Waals surface area contributed by atoms with Crippen LogP contribution in [0.25, 0.3) is 10.8 Å². The van der Waals surface area contributed by atoms with Crippen LogP contribution in [0.1, 0.15) is 0 Å². The Labute approximate surface area is 286 Å². The minimum Gasteiger partial charge on any atom is -0.505 e. The van der Waals surface area contributed by atoms with Gasteiger partial charge in [0.1, 0.15) is 26.1 Å². The summed E-state index contributed by atoms with van der Waals surface area (Å²) in [6, 6.07) is 11.3. The van der Waals surface area contributed by atoms with Gasteiger partial charge in [0.25, 0.3) is 40.5 Å². The maximum absolute atomic E-state index is 12.1. The summed E-state index contributed by atoms with van der Waals surface area (Å²) >= 11 is 5.98. The van der Waals surface area contributed by atoms with Crippen molar-refractivity contribution >= 4 is 97.5 Å². The molecule has 0 radical (unpaired) electrons. The molecule has 1 aromatic heterocycles. The number of nitrogens with one attached hydrogen (secondary N) is 2. The first kappa shape index (κ1) is 36.4. The summed E-state index contributed by atoms with van der Waals surface area (Å²) < 4.78 is 134. The number of phenols is 1. The topological polar surface area (TPSA) is 325 Å². The van der Waals surface area contributed by atoms with Gasteiger partial charge in [-0.3, -0.25) is 18.2 Å². The lowest BCUT2D eigenvalue weighted by Gasteiger charge is -2.12. The number of aromatic hydroxyl groups is 1. The minimum absolute atomic E-state index is 0.0495. The van der Waals surface area contributed by atoms with Gasteiger partial charge in [0.2, 0.25) is 17.2 Å². The number of phenolic OH excluding ortho intramolecular Hbond substituents is 1. The highest BCUT2D eigenvalue weighted by atomic mass is 35.5. The Morgan fingerprint density at radius 3 is 1.74 bits per heavy atom. The molecule has 4 aromatic carbocycles. The summed E-state index contributed by atoms with van der Waals surface area (Å²) in [4.78, 5) is 8.47. The van der Waals surface area contributed by atoms with Gasteiger partial charge in [-0.25, -0.2) is 0 Å². The van der Waals surface area contributed by atoms with E-state index in [2.05, 4.69) is 35.8 Å². The quantitative estimate of drug-likeness (QED) is 0.0767. The fourth-order valence-electron chi connectivity index (χ4n) is 4.31. The van der Waals surface area contributed by atoms with E-state index in [0.717, 1.165) is 24.3 Å². The molecule has 25 heteroatoms. The number of halogens is 1. The van der Waals surface area contributed by atoms with Crippen molar-refractivity contribution in [1.29, 1.82) is 0 Å². The number of benzene rings is 4. The van der Waals surface area contributed by atoms with Crippen molar-refractivity contribution in [1.82, 2.24) is 15.0 Å². The maximum Gasteiger partial charge on any atom is 0.296 e. The van der Waals surface area contributed by atoms with E-state index in [9.17, 15) is 57.0 Å². The molecule has 5 rings (SSSR count). The first-order chi connectivity index (χ1) is 23.1. The molecule has 0 amide bonds. The van der Waals surface area contributed by atoms with Crippen LogP contribution in [-0.2, 0) is 40.5 Å². The average molecular weight is 788 g/mol. The molecule has 0 aliphatic rings. The molecule has 0 unspecified atom stereocenters. The lowest BCUT2D eigenvalue weighted by atomic mass is 10.1. The van der Waals surface area contributed by atoms with E-state index >= 15 is 0 Å². The molecule has 0 aliphatic heterocycles. The van der Waals surface area contributed by atoms with Gasteiger partial charge in [-0.1, -0.05) is 24.3 Å². The van der Waals surface area contributed by atoms with Crippen LogP contribution in [0.15, 0.2) is 96.5 Å². The molecule has 0 saturated carbocycles. The van der Waals surface area contributed by atoms with Crippen molar-refractivity contribution in [3.63, 3.8) is 0 Å². The SMILES string of the molecule is O=S(=O)(O)c1ccc(S(=O)(=O)O)c(Nc2nc(Cl)nc(Nc3ccc(S(=O)(=O)O)c(N=Nc4cc(S(=O)(=O)O)c5ccccc5c4O)c3)n2)c1. The first-order valence-electron chi connectivity index (χ1n) is 12.9. The number of fused-ring (bicyclic) bond motifs is 1. The van der Waals surface area contributed by atoms with Crippen LogP contribution in [0.2, 0.25) is 5.28 Å². The van der Waals surface area contributed by atoms with Crippen LogP contribution < -0.4 is 10.6 Å². The zero-order valence-corrected chi connectivity index (χ0v) is 28.1. The predicted octanol–water partition coefficient (Wildman–Crippen LogP) is 4.27. The van der Waals surface area contributed by atoms with Crippen molar-refractivity contribution in [2.24, 2.45) is 10.2 Å². The van der Waals surface area contributed by atoms with Gasteiger partial charge < -0.3 is 15.7 Å². The van der Waals surface area contributed by atoms with Crippen molar-refractivity contribution < 1.29 is 57.0 Å². The summed E-state index contributed by atoms with van der Waals surface area (Å²) in [6.07, 6.45) is 0. The van der Waals surface area contributed by atoms with Crippen molar-refractivity contribution in [2.75, 3.05) is 10.6 Å². The second kappa shape index (κ2) is 13.1. The molecule has 20 nitrogen and oxygen atoms in total. The molecule has 1 heterocycles. The summed E-state index contributed by atoms with van der Waals surface area (Å²) in [5, 5.41) is 22.5. The minimum atomic E-state index is -4.96. The highest BCUT2D eigenvalue weighted by Crippen LogP contribution is 2.40. The van der Waals surface area contributed by atoms with Gasteiger partial charge in [0, 0.05) is 16.5 Å². The van der Waals surface area contributed by atoms with Gasteiger partial charge in [-0.15, -0.1) is 10.2 Å². The molecule has 50 heavy (non-hydrogen) atoms. The molecular weight excluding hydrogens is 770 g/mol. The molecule has 0 fully saturated rings. The molecule has 262 valence electrons. The van der Waals surface area contributed by atoms with Crippen LogP contribution >= 0.6 is 11.6 Å². The Bertz CT molecular complexity index is 2690. The first-order valence-corrected chi connectivity index (χ1v) is 19.1. The number of anilines is 4. The average Bonchev–Trinajstić information content (AvgIpc) is 2.98. The van der Waals surface area contributed by atoms with Gasteiger partial charge in [0.15, 0.2) is 5.75 Å². The van der Waals surface area contributed by atoms with E-state index in [1.54, 1.807) is 0 Å². The van der Waals surface area contributed by atoms with E-state index in [1.165, 1.54) is 24.3 Å². The Hall–Kier alpha value is -4.92. The molecule has 0 atom stereocenters. The van der Waals surface area contributed by atoms with Crippen molar-refractivity contribution in [3.05, 3.63) is 72.0 Å². The molecular formula is C25H18ClN7O13S4. The van der Waals surface area contributed by atoms with Crippen LogP contribution in [-0.4, -0.2) is 71.9 Å². The largest absolute Gasteiger partial charge is 0.505 e. The van der Waals surface area contributed by atoms with E-state index in [0.29, 0.717) is 18.2 Å². The highest BCUT2D eigenvalue weighted by Gasteiger charge is 2.23. The molecule has 0 bridgehead atoms. The second-order valence-electron chi connectivity index (χ2n) is 9.73. The van der Waals surface area contributed by atoms with Crippen LogP contribution in [0, 0.1) is 0 Å². The van der Waals surface area contributed by atoms with Crippen LogP contribution in [0.3, 0.4) is 0 Å². The number of azo groups is 1. The lowest BCUT2D eigenvalue weighted by Crippen LogP contribution is -2.09. The van der Waals surface area contributed by atoms with E-state index in [-0.39, 0.29) is 16.5 Å². The summed E-state index contributed by atoms with van der Waals surface area (Å²) in [5.41, 5.74) is -1.76. The maximum atomic E-state index is 12.1. The number of rotatable bonds is 10. The predicted molar refractivity (Wildman–Crippen MR) is 173 cm³/mol. The van der Waals surface area contributed by atoms with Gasteiger partial charge in [-0.05, 0) is 54.1 Å². The van der Waals surface area contributed by atoms with Crippen LogP contribution in [0.5, 0.6) is 5.75 Å². The summed E-state index contributed by atoms with van der Waals surface area (Å²) in [5.74, 6) is -1.52. The summed E-state index contributed by atoms with van der Waals surface area (Å²) in [7, 11) is -19.6. The Balaban J connectivity index is 1.55. The zero-order valence-electron chi connectivity index (χ0n) is 24.1. The normalized spacial score (nSPS) is 12.7. The van der Waals surface area contributed by atoms with Gasteiger partial charge in [0.05, 0.1) is 10.6 Å². The third-order valence-corrected chi connectivity index (χ3v) is 10.1. The fourth-order valence-corrected chi connectivity index (χ4v) is 6.92. The molecule has 7 N–H and O–H groups in total. The third kappa shape index (κ3) is 8.09. The van der Waals surface area contributed by atoms with E-state index < -0.39 is 100 Å². The highest BCUT2D eigenvalue weighted by molar-refractivity contribution is 7.86. The van der Waals surface area contributed by atoms with Crippen molar-refractivity contribution in [2.45, 2.75) is 19.6 Å². The number of hydrogen-bond acceptors (Lipinski definition) is 16. The van der Waals surface area contributed by atoms with E-state index in [4.69, 9.17) is 11.6 Å². The van der Waals surface area contributed by atoms with E-state index in [1.807, 2.05) is 0 Å². The summed E-state index contributed by atoms with van der Waals surface area (Å²) in [6.45, 7) is 0. The molecule has 0 saturated heterocycles. The molecule has 5 aromatic rings. The van der Waals surface area contributed by atoms with Gasteiger partial charge in [-0.2, -0.15) is 48.6 Å². The zero-order chi connectivity index (χ0) is 36.8.